The lowest BCUT2D eigenvalue weighted by Crippen LogP contribution is -2.21. The predicted molar refractivity (Wildman–Crippen MR) is 78.2 cm³/mol. The zero-order valence-corrected chi connectivity index (χ0v) is 11.2. The summed E-state index contributed by atoms with van der Waals surface area (Å²) < 4.78 is 0. The molecular weight excluding hydrogens is 238 g/mol. The second kappa shape index (κ2) is 6.15. The third-order valence-corrected chi connectivity index (χ3v) is 2.77. The lowest BCUT2D eigenvalue weighted by Gasteiger charge is -2.15. The Kier molecular flexibility index (Phi) is 4.30. The number of hydrogen-bond acceptors (Lipinski definition) is 5. The van der Waals surface area contributed by atoms with Crippen molar-refractivity contribution >= 4 is 11.8 Å². The Morgan fingerprint density at radius 1 is 1.21 bits per heavy atom. The van der Waals surface area contributed by atoms with Crippen LogP contribution in [0.25, 0.3) is 0 Å². The number of benzene rings is 1. The summed E-state index contributed by atoms with van der Waals surface area (Å²) in [5.41, 5.74) is 7.23. The maximum Gasteiger partial charge on any atom is 0.226 e. The Morgan fingerprint density at radius 2 is 1.95 bits per heavy atom. The molecule has 0 radical (unpaired) electrons. The Labute approximate surface area is 113 Å². The highest BCUT2D eigenvalue weighted by molar-refractivity contribution is 5.40. The van der Waals surface area contributed by atoms with Gasteiger partial charge in [-0.15, -0.1) is 0 Å². The fraction of sp³-hybridized carbons (Fsp3) is 0.286. The first-order valence-electron chi connectivity index (χ1n) is 6.21. The quantitative estimate of drug-likeness (QED) is 0.852. The minimum Gasteiger partial charge on any atom is -0.368 e. The number of nitrogens with two attached hydrogens (primary N) is 1. The molecule has 1 aromatic carbocycles. The number of nitrogens with one attached hydrogen (secondary N) is 1. The molecule has 100 valence electrons. The number of anilines is 2. The highest BCUT2D eigenvalue weighted by Gasteiger charge is 2.06. The van der Waals surface area contributed by atoms with Crippen molar-refractivity contribution < 1.29 is 0 Å². The molecule has 19 heavy (non-hydrogen) atoms. The van der Waals surface area contributed by atoms with Gasteiger partial charge in [-0.05, 0) is 11.6 Å². The molecule has 0 spiro atoms. The Morgan fingerprint density at radius 3 is 2.63 bits per heavy atom. The van der Waals surface area contributed by atoms with E-state index in [1.165, 1.54) is 0 Å². The van der Waals surface area contributed by atoms with Crippen molar-refractivity contribution in [3.63, 3.8) is 0 Å². The first kappa shape index (κ1) is 13.3. The summed E-state index contributed by atoms with van der Waals surface area (Å²) >= 11 is 0. The van der Waals surface area contributed by atoms with Crippen LogP contribution in [0.4, 0.5) is 11.8 Å². The summed E-state index contributed by atoms with van der Waals surface area (Å²) in [5.74, 6) is 1.46. The van der Waals surface area contributed by atoms with E-state index in [9.17, 15) is 0 Å². The van der Waals surface area contributed by atoms with Gasteiger partial charge >= 0.3 is 0 Å². The third kappa shape index (κ3) is 3.66. The van der Waals surface area contributed by atoms with Crippen molar-refractivity contribution in [3.05, 3.63) is 48.2 Å². The standard InChI is InChI=1S/C14H19N5/c1-19(2)14-16-9-8-13(18-14)17-10-12(15)11-6-4-3-5-7-11/h3-9,12H,10,15H2,1-2H3,(H,16,17,18)/t12-/m0/s1. The molecular formula is C14H19N5. The van der Waals surface area contributed by atoms with Crippen LogP contribution in [-0.4, -0.2) is 30.6 Å². The number of rotatable bonds is 5. The third-order valence-electron chi connectivity index (χ3n) is 2.77. The summed E-state index contributed by atoms with van der Waals surface area (Å²) in [6, 6.07) is 11.8. The van der Waals surface area contributed by atoms with Gasteiger partial charge in [0.15, 0.2) is 0 Å². The molecule has 0 aliphatic heterocycles. The van der Waals surface area contributed by atoms with Crippen molar-refractivity contribution in [2.24, 2.45) is 5.73 Å². The van der Waals surface area contributed by atoms with Crippen LogP contribution in [0, 0.1) is 0 Å². The molecule has 3 N–H and O–H groups in total. The molecule has 1 aromatic heterocycles. The molecule has 0 unspecified atom stereocenters. The highest BCUT2D eigenvalue weighted by atomic mass is 15.2. The molecule has 0 fully saturated rings. The van der Waals surface area contributed by atoms with E-state index >= 15 is 0 Å². The molecule has 5 nitrogen and oxygen atoms in total. The van der Waals surface area contributed by atoms with Crippen molar-refractivity contribution in [2.75, 3.05) is 30.9 Å². The molecule has 1 heterocycles. The van der Waals surface area contributed by atoms with E-state index in [4.69, 9.17) is 5.73 Å². The minimum atomic E-state index is -0.0565. The van der Waals surface area contributed by atoms with Crippen LogP contribution < -0.4 is 16.0 Å². The lowest BCUT2D eigenvalue weighted by atomic mass is 10.1. The van der Waals surface area contributed by atoms with Gasteiger partial charge in [0.1, 0.15) is 5.82 Å². The summed E-state index contributed by atoms with van der Waals surface area (Å²) in [6.07, 6.45) is 1.73. The van der Waals surface area contributed by atoms with Gasteiger partial charge in [0.05, 0.1) is 0 Å². The second-order valence-electron chi connectivity index (χ2n) is 4.53. The summed E-state index contributed by atoms with van der Waals surface area (Å²) in [6.45, 7) is 0.633. The van der Waals surface area contributed by atoms with Crippen LogP contribution in [0.3, 0.4) is 0 Å². The van der Waals surface area contributed by atoms with Crippen molar-refractivity contribution in [3.8, 4) is 0 Å². The van der Waals surface area contributed by atoms with Crippen LogP contribution >= 0.6 is 0 Å². The van der Waals surface area contributed by atoms with E-state index in [0.29, 0.717) is 12.5 Å². The Balaban J connectivity index is 1.97. The molecule has 2 aromatic rings. The molecule has 0 aliphatic rings. The average Bonchev–Trinajstić information content (AvgIpc) is 2.46. The molecule has 0 aliphatic carbocycles. The largest absolute Gasteiger partial charge is 0.368 e. The fourth-order valence-corrected chi connectivity index (χ4v) is 1.69. The van der Waals surface area contributed by atoms with Crippen LogP contribution in [0.2, 0.25) is 0 Å². The molecule has 0 bridgehead atoms. The van der Waals surface area contributed by atoms with Gasteiger partial charge in [-0.3, -0.25) is 0 Å². The second-order valence-corrected chi connectivity index (χ2v) is 4.53. The highest BCUT2D eigenvalue weighted by Crippen LogP contribution is 2.12. The van der Waals surface area contributed by atoms with Gasteiger partial charge in [-0.2, -0.15) is 4.98 Å². The van der Waals surface area contributed by atoms with Crippen molar-refractivity contribution in [1.82, 2.24) is 9.97 Å². The molecule has 0 saturated heterocycles. The van der Waals surface area contributed by atoms with E-state index in [0.717, 1.165) is 11.4 Å². The van der Waals surface area contributed by atoms with Gasteiger partial charge in [0, 0.05) is 32.9 Å². The normalized spacial score (nSPS) is 11.9. The first-order chi connectivity index (χ1) is 9.16. The predicted octanol–water partition coefficient (Wildman–Crippen LogP) is 1.65. The average molecular weight is 257 g/mol. The van der Waals surface area contributed by atoms with E-state index in [-0.39, 0.29) is 6.04 Å². The molecule has 0 amide bonds. The van der Waals surface area contributed by atoms with Crippen LogP contribution in [0.1, 0.15) is 11.6 Å². The minimum absolute atomic E-state index is 0.0565. The van der Waals surface area contributed by atoms with E-state index < -0.39 is 0 Å². The van der Waals surface area contributed by atoms with Crippen LogP contribution in [-0.2, 0) is 0 Å². The lowest BCUT2D eigenvalue weighted by molar-refractivity contribution is 0.761. The molecule has 5 heteroatoms. The van der Waals surface area contributed by atoms with Gasteiger partial charge in [-0.1, -0.05) is 30.3 Å². The van der Waals surface area contributed by atoms with Gasteiger partial charge in [0.2, 0.25) is 5.95 Å². The number of aromatic nitrogens is 2. The zero-order valence-electron chi connectivity index (χ0n) is 11.2. The monoisotopic (exact) mass is 257 g/mol. The van der Waals surface area contributed by atoms with Gasteiger partial charge in [-0.25, -0.2) is 4.98 Å². The topological polar surface area (TPSA) is 67.1 Å². The molecule has 0 saturated carbocycles. The Bertz CT molecular complexity index is 512. The number of nitrogens with zero attached hydrogens (tertiary/aromatic N) is 3. The van der Waals surface area contributed by atoms with Crippen molar-refractivity contribution in [2.45, 2.75) is 6.04 Å². The summed E-state index contributed by atoms with van der Waals surface area (Å²) in [5, 5.41) is 3.24. The first-order valence-corrected chi connectivity index (χ1v) is 6.21. The number of hydrogen-bond donors (Lipinski definition) is 2. The van der Waals surface area contributed by atoms with E-state index in [1.54, 1.807) is 6.20 Å². The maximum atomic E-state index is 6.12. The maximum absolute atomic E-state index is 6.12. The van der Waals surface area contributed by atoms with Gasteiger partial charge < -0.3 is 16.0 Å². The Hall–Kier alpha value is -2.14. The fourth-order valence-electron chi connectivity index (χ4n) is 1.69. The summed E-state index contributed by atoms with van der Waals surface area (Å²) in [4.78, 5) is 10.4. The van der Waals surface area contributed by atoms with Gasteiger partial charge in [0.25, 0.3) is 0 Å². The van der Waals surface area contributed by atoms with Crippen LogP contribution in [0.15, 0.2) is 42.6 Å². The smallest absolute Gasteiger partial charge is 0.226 e. The molecule has 2 rings (SSSR count). The summed E-state index contributed by atoms with van der Waals surface area (Å²) in [7, 11) is 3.82. The van der Waals surface area contributed by atoms with Crippen LogP contribution in [0.5, 0.6) is 0 Å². The zero-order chi connectivity index (χ0) is 13.7. The van der Waals surface area contributed by atoms with E-state index in [1.807, 2.05) is 55.4 Å². The molecule has 1 atom stereocenters. The van der Waals surface area contributed by atoms with Crippen molar-refractivity contribution in [1.29, 1.82) is 0 Å². The van der Waals surface area contributed by atoms with E-state index in [2.05, 4.69) is 15.3 Å². The SMILES string of the molecule is CN(C)c1nccc(NC[C@H](N)c2ccccc2)n1.